The van der Waals surface area contributed by atoms with Crippen molar-refractivity contribution >= 4 is 20.1 Å². The monoisotopic (exact) mass is 203 g/mol. The summed E-state index contributed by atoms with van der Waals surface area (Å²) in [5, 5.41) is 4.29. The number of hydrogen-bond donors (Lipinski definition) is 2. The molecule has 0 aliphatic carbocycles. The lowest BCUT2D eigenvalue weighted by molar-refractivity contribution is -0.118. The molecule has 1 rings (SSSR count). The smallest absolute Gasteiger partial charge is 0.252 e. The number of rotatable bonds is 3. The van der Waals surface area contributed by atoms with Crippen LogP contribution in [0.5, 0.6) is 0 Å². The molecule has 74 valence electrons. The zero-order valence-electron chi connectivity index (χ0n) is 7.76. The molecule has 1 saturated heterocycles. The molecule has 2 unspecified atom stereocenters. The Labute approximate surface area is 79.0 Å². The van der Waals surface area contributed by atoms with Crippen molar-refractivity contribution in [2.75, 3.05) is 20.6 Å². The van der Waals surface area contributed by atoms with Crippen LogP contribution in [0.2, 0.25) is 0 Å². The summed E-state index contributed by atoms with van der Waals surface area (Å²) in [5.41, 5.74) is 2.43. The van der Waals surface area contributed by atoms with Gasteiger partial charge in [0.15, 0.2) is 0 Å². The Hall–Kier alpha value is -0.670. The van der Waals surface area contributed by atoms with Crippen LogP contribution in [-0.2, 0) is 4.79 Å². The zero-order chi connectivity index (χ0) is 9.84. The minimum Gasteiger partial charge on any atom is -0.356 e. The summed E-state index contributed by atoms with van der Waals surface area (Å²) in [6.45, 7) is 0.700. The second-order valence-corrected chi connectivity index (χ2v) is 4.55. The molecule has 13 heavy (non-hydrogen) atoms. The van der Waals surface area contributed by atoms with E-state index >= 15 is 0 Å². The van der Waals surface area contributed by atoms with Gasteiger partial charge in [-0.1, -0.05) is 0 Å². The van der Waals surface area contributed by atoms with Crippen LogP contribution in [0, 0.1) is 0 Å². The third-order valence-electron chi connectivity index (χ3n) is 1.68. The minimum absolute atomic E-state index is 0.00670. The molecule has 0 spiro atoms. The summed E-state index contributed by atoms with van der Waals surface area (Å²) in [6, 6.07) is 0. The van der Waals surface area contributed by atoms with Gasteiger partial charge in [0, 0.05) is 20.6 Å². The fourth-order valence-electron chi connectivity index (χ4n) is 1.13. The van der Waals surface area contributed by atoms with Gasteiger partial charge in [-0.15, -0.1) is 0 Å². The van der Waals surface area contributed by atoms with Crippen molar-refractivity contribution in [1.29, 1.82) is 0 Å². The quantitative estimate of drug-likeness (QED) is 0.490. The van der Waals surface area contributed by atoms with Crippen molar-refractivity contribution in [3.63, 3.8) is 0 Å². The predicted octanol–water partition coefficient (Wildman–Crippen LogP) is -0.260. The van der Waals surface area contributed by atoms with E-state index in [2.05, 4.69) is 10.7 Å². The van der Waals surface area contributed by atoms with Crippen molar-refractivity contribution in [2.24, 2.45) is 0 Å². The molecule has 1 fully saturated rings. The maximum atomic E-state index is 11.2. The average Bonchev–Trinajstić information content (AvgIpc) is 2.34. The molecule has 0 radical (unpaired) electrons. The standard InChI is InChI=1S/C7H14N3O2P/c1-10(2)9-7(12)13-5-3-4-8-6(5)11/h5,13H,3-4H2,1-2H3,(H,8,11)(H,9,12). The van der Waals surface area contributed by atoms with Crippen LogP contribution in [0.15, 0.2) is 0 Å². The third kappa shape index (κ3) is 3.28. The third-order valence-corrected chi connectivity index (χ3v) is 2.95. The SMILES string of the molecule is CN(C)NC(=O)PC1CCNC1=O. The van der Waals surface area contributed by atoms with Crippen molar-refractivity contribution in [3.8, 4) is 0 Å². The maximum Gasteiger partial charge on any atom is 0.252 e. The number of hydrazine groups is 1. The Morgan fingerprint density at radius 2 is 2.38 bits per heavy atom. The van der Waals surface area contributed by atoms with Gasteiger partial charge in [0.25, 0.3) is 5.65 Å². The van der Waals surface area contributed by atoms with Crippen LogP contribution in [0.25, 0.3) is 0 Å². The van der Waals surface area contributed by atoms with Gasteiger partial charge in [0.2, 0.25) is 5.91 Å². The normalized spacial score (nSPS) is 22.7. The second kappa shape index (κ2) is 4.53. The Balaban J connectivity index is 2.31. The summed E-state index contributed by atoms with van der Waals surface area (Å²) in [5.74, 6) is 0.00670. The molecule has 1 heterocycles. The van der Waals surface area contributed by atoms with E-state index < -0.39 is 0 Å². The first-order valence-corrected chi connectivity index (χ1v) is 5.19. The lowest BCUT2D eigenvalue weighted by Crippen LogP contribution is -2.34. The summed E-state index contributed by atoms with van der Waals surface area (Å²) < 4.78 is 0. The van der Waals surface area contributed by atoms with Crippen LogP contribution >= 0.6 is 8.58 Å². The Morgan fingerprint density at radius 1 is 1.69 bits per heavy atom. The number of carbonyl (C=O) groups excluding carboxylic acids is 2. The second-order valence-electron chi connectivity index (χ2n) is 3.11. The molecule has 2 N–H and O–H groups in total. The topological polar surface area (TPSA) is 61.4 Å². The Kier molecular flexibility index (Phi) is 3.63. The molecule has 2 amide bonds. The lowest BCUT2D eigenvalue weighted by Gasteiger charge is -2.13. The highest BCUT2D eigenvalue weighted by Gasteiger charge is 2.26. The summed E-state index contributed by atoms with van der Waals surface area (Å²) >= 11 is 0. The van der Waals surface area contributed by atoms with Crippen molar-refractivity contribution in [1.82, 2.24) is 15.8 Å². The fraction of sp³-hybridized carbons (Fsp3) is 0.714. The van der Waals surface area contributed by atoms with Gasteiger partial charge < -0.3 is 5.32 Å². The molecule has 1 aliphatic rings. The van der Waals surface area contributed by atoms with Crippen molar-refractivity contribution < 1.29 is 9.59 Å². The largest absolute Gasteiger partial charge is 0.356 e. The average molecular weight is 203 g/mol. The van der Waals surface area contributed by atoms with Crippen LogP contribution in [0.3, 0.4) is 0 Å². The number of carbonyl (C=O) groups is 2. The highest BCUT2D eigenvalue weighted by atomic mass is 31.1. The van der Waals surface area contributed by atoms with E-state index in [0.29, 0.717) is 6.54 Å². The van der Waals surface area contributed by atoms with Gasteiger partial charge >= 0.3 is 0 Å². The van der Waals surface area contributed by atoms with Crippen LogP contribution in [0.1, 0.15) is 6.42 Å². The first-order chi connectivity index (χ1) is 6.09. The minimum atomic E-state index is -0.111. The molecule has 6 heteroatoms. The molecule has 1 aliphatic heterocycles. The molecule has 2 atom stereocenters. The van der Waals surface area contributed by atoms with Crippen LogP contribution < -0.4 is 10.7 Å². The summed E-state index contributed by atoms with van der Waals surface area (Å²) in [6.07, 6.45) is 0.776. The van der Waals surface area contributed by atoms with Crippen molar-refractivity contribution in [3.05, 3.63) is 0 Å². The maximum absolute atomic E-state index is 11.2. The van der Waals surface area contributed by atoms with E-state index in [1.165, 1.54) is 0 Å². The van der Waals surface area contributed by atoms with Crippen LogP contribution in [-0.4, -0.2) is 42.9 Å². The first kappa shape index (κ1) is 10.4. The van der Waals surface area contributed by atoms with E-state index in [1.54, 1.807) is 19.1 Å². The molecular weight excluding hydrogens is 189 g/mol. The zero-order valence-corrected chi connectivity index (χ0v) is 8.76. The summed E-state index contributed by atoms with van der Waals surface area (Å²) in [7, 11) is 3.52. The van der Waals surface area contributed by atoms with E-state index in [9.17, 15) is 9.59 Å². The van der Waals surface area contributed by atoms with E-state index in [-0.39, 0.29) is 25.8 Å². The molecule has 0 bridgehead atoms. The van der Waals surface area contributed by atoms with Gasteiger partial charge in [-0.05, 0) is 15.0 Å². The molecule has 0 aromatic heterocycles. The number of amides is 2. The molecule has 0 aromatic rings. The van der Waals surface area contributed by atoms with Gasteiger partial charge in [0.05, 0.1) is 5.66 Å². The fourth-order valence-corrected chi connectivity index (χ4v) is 2.25. The van der Waals surface area contributed by atoms with E-state index in [4.69, 9.17) is 0 Å². The van der Waals surface area contributed by atoms with Crippen molar-refractivity contribution in [2.45, 2.75) is 12.1 Å². The highest BCUT2D eigenvalue weighted by Crippen LogP contribution is 2.25. The Morgan fingerprint density at radius 3 is 2.85 bits per heavy atom. The molecule has 5 nitrogen and oxygen atoms in total. The van der Waals surface area contributed by atoms with E-state index in [0.717, 1.165) is 6.42 Å². The van der Waals surface area contributed by atoms with Gasteiger partial charge in [-0.3, -0.25) is 15.0 Å². The number of hydrogen-bond acceptors (Lipinski definition) is 3. The lowest BCUT2D eigenvalue weighted by atomic mass is 10.4. The van der Waals surface area contributed by atoms with Gasteiger partial charge in [-0.25, -0.2) is 5.01 Å². The first-order valence-electron chi connectivity index (χ1n) is 4.12. The molecule has 0 saturated carbocycles. The van der Waals surface area contributed by atoms with Gasteiger partial charge in [-0.2, -0.15) is 0 Å². The predicted molar refractivity (Wildman–Crippen MR) is 51.9 cm³/mol. The number of nitrogens with one attached hydrogen (secondary N) is 2. The van der Waals surface area contributed by atoms with E-state index in [1.807, 2.05) is 0 Å². The summed E-state index contributed by atoms with van der Waals surface area (Å²) in [4.78, 5) is 22.3. The van der Waals surface area contributed by atoms with Crippen LogP contribution in [0.4, 0.5) is 4.79 Å². The molecular formula is C7H14N3O2P. The van der Waals surface area contributed by atoms with Gasteiger partial charge in [0.1, 0.15) is 0 Å². The molecule has 0 aromatic carbocycles. The number of nitrogens with zero attached hydrogens (tertiary/aromatic N) is 1. The Bertz CT molecular complexity index is 220. The highest BCUT2D eigenvalue weighted by molar-refractivity contribution is 7.59.